The van der Waals surface area contributed by atoms with Crippen molar-refractivity contribution in [3.8, 4) is 0 Å². The Balaban J connectivity index is 2.91. The Morgan fingerprint density at radius 3 is 2.93 bits per heavy atom. The zero-order chi connectivity index (χ0) is 10.6. The van der Waals surface area contributed by atoms with Crippen LogP contribution in [0.5, 0.6) is 0 Å². The molecule has 0 unspecified atom stereocenters. The van der Waals surface area contributed by atoms with Gasteiger partial charge >= 0.3 is 0 Å². The predicted molar refractivity (Wildman–Crippen MR) is 59.3 cm³/mol. The van der Waals surface area contributed by atoms with Crippen molar-refractivity contribution in [1.29, 1.82) is 0 Å². The SMILES string of the molecule is C/C(=C\C=C/N)c1ncc(C(=O)Cl)s1. The first-order valence-electron chi connectivity index (χ1n) is 3.86. The Kier molecular flexibility index (Phi) is 3.85. The van der Waals surface area contributed by atoms with Crippen molar-refractivity contribution in [2.45, 2.75) is 6.92 Å². The van der Waals surface area contributed by atoms with Crippen LogP contribution in [0.15, 0.2) is 24.5 Å². The number of nitrogens with two attached hydrogens (primary N) is 1. The summed E-state index contributed by atoms with van der Waals surface area (Å²) in [6.45, 7) is 1.89. The summed E-state index contributed by atoms with van der Waals surface area (Å²) in [6, 6.07) is 0. The van der Waals surface area contributed by atoms with Gasteiger partial charge in [-0.3, -0.25) is 4.79 Å². The molecule has 0 aromatic carbocycles. The zero-order valence-electron chi connectivity index (χ0n) is 7.53. The Morgan fingerprint density at radius 1 is 1.71 bits per heavy atom. The number of carbonyl (C=O) groups excluding carboxylic acids is 1. The van der Waals surface area contributed by atoms with Crippen LogP contribution in [0.3, 0.4) is 0 Å². The maximum Gasteiger partial charge on any atom is 0.264 e. The van der Waals surface area contributed by atoms with E-state index in [1.165, 1.54) is 23.7 Å². The molecule has 0 atom stereocenters. The molecule has 1 aromatic heterocycles. The maximum absolute atomic E-state index is 10.8. The first-order chi connectivity index (χ1) is 6.65. The average molecular weight is 229 g/mol. The lowest BCUT2D eigenvalue weighted by Gasteiger charge is -1.90. The smallest absolute Gasteiger partial charge is 0.264 e. The average Bonchev–Trinajstić information content (AvgIpc) is 2.62. The standard InChI is InChI=1S/C9H9ClN2OS/c1-6(3-2-4-11)9-12-5-7(14-9)8(10)13/h2-5H,11H2,1H3/b4-2-,6-3+. The van der Waals surface area contributed by atoms with Crippen LogP contribution >= 0.6 is 22.9 Å². The highest BCUT2D eigenvalue weighted by Crippen LogP contribution is 2.21. The highest BCUT2D eigenvalue weighted by atomic mass is 35.5. The van der Waals surface area contributed by atoms with E-state index in [2.05, 4.69) is 4.98 Å². The Morgan fingerprint density at radius 2 is 2.43 bits per heavy atom. The van der Waals surface area contributed by atoms with Crippen LogP contribution in [0, 0.1) is 0 Å². The summed E-state index contributed by atoms with van der Waals surface area (Å²) in [6.07, 6.45) is 6.43. The van der Waals surface area contributed by atoms with Gasteiger partial charge in [0.05, 0.1) is 6.20 Å². The number of carbonyl (C=O) groups is 1. The number of nitrogens with zero attached hydrogens (tertiary/aromatic N) is 1. The largest absolute Gasteiger partial charge is 0.405 e. The minimum absolute atomic E-state index is 0.450. The van der Waals surface area contributed by atoms with E-state index in [-0.39, 0.29) is 0 Å². The van der Waals surface area contributed by atoms with Crippen molar-refractivity contribution in [3.05, 3.63) is 34.4 Å². The van der Waals surface area contributed by atoms with Gasteiger partial charge in [-0.15, -0.1) is 11.3 Å². The lowest BCUT2D eigenvalue weighted by molar-refractivity contribution is 0.108. The number of halogens is 1. The molecule has 0 amide bonds. The van der Waals surface area contributed by atoms with Gasteiger partial charge < -0.3 is 5.73 Å². The van der Waals surface area contributed by atoms with Gasteiger partial charge in [0, 0.05) is 0 Å². The van der Waals surface area contributed by atoms with E-state index >= 15 is 0 Å². The topological polar surface area (TPSA) is 56.0 Å². The molecule has 0 saturated heterocycles. The Labute approximate surface area is 90.9 Å². The zero-order valence-corrected chi connectivity index (χ0v) is 9.10. The number of aromatic nitrogens is 1. The number of thiazole rings is 1. The van der Waals surface area contributed by atoms with Crippen LogP contribution < -0.4 is 5.73 Å². The number of rotatable bonds is 3. The van der Waals surface area contributed by atoms with Crippen LogP contribution in [0.25, 0.3) is 5.57 Å². The third kappa shape index (κ3) is 2.68. The summed E-state index contributed by atoms with van der Waals surface area (Å²) < 4.78 is 0. The normalized spacial score (nSPS) is 12.3. The van der Waals surface area contributed by atoms with E-state index < -0.39 is 5.24 Å². The van der Waals surface area contributed by atoms with Crippen LogP contribution in [0.2, 0.25) is 0 Å². The second-order valence-corrected chi connectivity index (χ2v) is 3.91. The molecule has 3 nitrogen and oxygen atoms in total. The Bertz CT molecular complexity index is 395. The minimum atomic E-state index is -0.476. The summed E-state index contributed by atoms with van der Waals surface area (Å²) in [5.74, 6) is 0. The number of hydrogen-bond acceptors (Lipinski definition) is 4. The van der Waals surface area contributed by atoms with E-state index in [0.717, 1.165) is 10.6 Å². The molecule has 1 aromatic rings. The summed E-state index contributed by atoms with van der Waals surface area (Å²) >= 11 is 6.57. The van der Waals surface area contributed by atoms with E-state index in [4.69, 9.17) is 17.3 Å². The molecule has 5 heteroatoms. The van der Waals surface area contributed by atoms with Crippen molar-refractivity contribution >= 4 is 33.8 Å². The van der Waals surface area contributed by atoms with Crippen LogP contribution in [-0.2, 0) is 0 Å². The molecular weight excluding hydrogens is 220 g/mol. The molecule has 0 aliphatic rings. The predicted octanol–water partition coefficient (Wildman–Crippen LogP) is 2.40. The molecule has 2 N–H and O–H groups in total. The third-order valence-corrected chi connectivity index (χ3v) is 2.94. The van der Waals surface area contributed by atoms with Gasteiger partial charge in [0.25, 0.3) is 5.24 Å². The van der Waals surface area contributed by atoms with Gasteiger partial charge in [-0.2, -0.15) is 0 Å². The highest BCUT2D eigenvalue weighted by Gasteiger charge is 2.07. The molecule has 0 bridgehead atoms. The molecule has 1 rings (SSSR count). The van der Waals surface area contributed by atoms with Crippen LogP contribution in [0.4, 0.5) is 0 Å². The molecular formula is C9H9ClN2OS. The van der Waals surface area contributed by atoms with Crippen molar-refractivity contribution in [3.63, 3.8) is 0 Å². The molecule has 0 aliphatic carbocycles. The fourth-order valence-electron chi connectivity index (χ4n) is 0.818. The lowest BCUT2D eigenvalue weighted by atomic mass is 10.3. The highest BCUT2D eigenvalue weighted by molar-refractivity contribution is 7.16. The third-order valence-electron chi connectivity index (χ3n) is 1.49. The molecule has 0 aliphatic heterocycles. The summed E-state index contributed by atoms with van der Waals surface area (Å²) in [5.41, 5.74) is 6.14. The molecule has 1 heterocycles. The minimum Gasteiger partial charge on any atom is -0.405 e. The monoisotopic (exact) mass is 228 g/mol. The van der Waals surface area contributed by atoms with E-state index in [9.17, 15) is 4.79 Å². The number of allylic oxidation sites excluding steroid dienone is 3. The second kappa shape index (κ2) is 4.93. The van der Waals surface area contributed by atoms with Crippen LogP contribution in [0.1, 0.15) is 21.6 Å². The Hall–Kier alpha value is -1.13. The first kappa shape index (κ1) is 10.9. The molecule has 0 radical (unpaired) electrons. The van der Waals surface area contributed by atoms with Gasteiger partial charge in [0.15, 0.2) is 0 Å². The van der Waals surface area contributed by atoms with E-state index in [0.29, 0.717) is 4.88 Å². The van der Waals surface area contributed by atoms with Gasteiger partial charge in [0.2, 0.25) is 0 Å². The fourth-order valence-corrected chi connectivity index (χ4v) is 1.71. The quantitative estimate of drug-likeness (QED) is 0.639. The van der Waals surface area contributed by atoms with Gasteiger partial charge in [-0.25, -0.2) is 4.98 Å². The second-order valence-electron chi connectivity index (χ2n) is 2.54. The van der Waals surface area contributed by atoms with Gasteiger partial charge in [0.1, 0.15) is 9.88 Å². The van der Waals surface area contributed by atoms with E-state index in [1.807, 2.05) is 13.0 Å². The molecule has 14 heavy (non-hydrogen) atoms. The van der Waals surface area contributed by atoms with Gasteiger partial charge in [-0.1, -0.05) is 6.08 Å². The maximum atomic E-state index is 10.8. The fraction of sp³-hybridized carbons (Fsp3) is 0.111. The first-order valence-corrected chi connectivity index (χ1v) is 5.05. The molecule has 0 saturated carbocycles. The summed E-state index contributed by atoms with van der Waals surface area (Å²) in [7, 11) is 0. The molecule has 74 valence electrons. The van der Waals surface area contributed by atoms with Crippen molar-refractivity contribution in [1.82, 2.24) is 4.98 Å². The number of hydrogen-bond donors (Lipinski definition) is 1. The van der Waals surface area contributed by atoms with Gasteiger partial charge in [-0.05, 0) is 36.4 Å². The summed E-state index contributed by atoms with van der Waals surface area (Å²) in [5, 5.41) is 0.294. The van der Waals surface area contributed by atoms with E-state index in [1.54, 1.807) is 6.08 Å². The summed E-state index contributed by atoms with van der Waals surface area (Å²) in [4.78, 5) is 15.3. The van der Waals surface area contributed by atoms with Crippen molar-refractivity contribution in [2.75, 3.05) is 0 Å². The van der Waals surface area contributed by atoms with Crippen molar-refractivity contribution in [2.24, 2.45) is 5.73 Å². The van der Waals surface area contributed by atoms with Crippen LogP contribution in [-0.4, -0.2) is 10.2 Å². The molecule has 0 spiro atoms. The van der Waals surface area contributed by atoms with Crippen molar-refractivity contribution < 1.29 is 4.79 Å². The lowest BCUT2D eigenvalue weighted by Crippen LogP contribution is -1.78. The molecule has 0 fully saturated rings.